The third-order valence-corrected chi connectivity index (χ3v) is 4.84. The van der Waals surface area contributed by atoms with Crippen LogP contribution in [0, 0.1) is 6.92 Å². The Morgan fingerprint density at radius 2 is 2.21 bits per heavy atom. The van der Waals surface area contributed by atoms with Gasteiger partial charge in [-0.15, -0.1) is 11.3 Å². The third kappa shape index (κ3) is 4.04. The minimum atomic E-state index is -5.07. The summed E-state index contributed by atoms with van der Waals surface area (Å²) in [6.07, 6.45) is -4.56. The first-order valence-corrected chi connectivity index (χ1v) is 8.30. The highest BCUT2D eigenvalue weighted by Gasteiger charge is 2.58. The summed E-state index contributed by atoms with van der Waals surface area (Å²) in [5.74, 6) is -1.48. The molecule has 0 spiro atoms. The van der Waals surface area contributed by atoms with E-state index in [9.17, 15) is 27.9 Å². The van der Waals surface area contributed by atoms with Gasteiger partial charge in [0.1, 0.15) is 11.0 Å². The van der Waals surface area contributed by atoms with Gasteiger partial charge in [-0.1, -0.05) is 0 Å². The number of aromatic nitrogens is 1. The molecule has 0 radical (unpaired) electrons. The Morgan fingerprint density at radius 1 is 1.50 bits per heavy atom. The van der Waals surface area contributed by atoms with Gasteiger partial charge in [0.2, 0.25) is 17.4 Å². The number of carbonyl (C=O) groups excluding carboxylic acids is 2. The molecule has 1 aliphatic rings. The fourth-order valence-corrected chi connectivity index (χ4v) is 3.31. The maximum Gasteiger partial charge on any atom is 0.424 e. The first kappa shape index (κ1) is 18.7. The monoisotopic (exact) mass is 365 g/mol. The van der Waals surface area contributed by atoms with Gasteiger partial charge in [0.15, 0.2) is 0 Å². The van der Waals surface area contributed by atoms with Crippen LogP contribution in [0.15, 0.2) is 5.38 Å². The number of thiazole rings is 1. The zero-order chi connectivity index (χ0) is 18.0. The number of amides is 2. The summed E-state index contributed by atoms with van der Waals surface area (Å²) < 4.78 is 40.0. The number of carbonyl (C=O) groups is 2. The van der Waals surface area contributed by atoms with Gasteiger partial charge in [-0.25, -0.2) is 4.98 Å². The number of hydrogen-bond acceptors (Lipinski definition) is 5. The topological polar surface area (TPSA) is 91.3 Å². The van der Waals surface area contributed by atoms with Crippen molar-refractivity contribution in [1.82, 2.24) is 15.6 Å². The number of rotatable bonds is 4. The van der Waals surface area contributed by atoms with E-state index in [0.29, 0.717) is 36.4 Å². The molecule has 134 valence electrons. The van der Waals surface area contributed by atoms with Gasteiger partial charge in [0, 0.05) is 17.6 Å². The van der Waals surface area contributed by atoms with Crippen molar-refractivity contribution in [3.8, 4) is 0 Å². The summed E-state index contributed by atoms with van der Waals surface area (Å²) >= 11 is 0.635. The molecule has 6 nitrogen and oxygen atoms in total. The predicted molar refractivity (Wildman–Crippen MR) is 80.2 cm³/mol. The Bertz CT molecular complexity index is 620. The van der Waals surface area contributed by atoms with Gasteiger partial charge in [-0.05, 0) is 26.2 Å². The fraction of sp³-hybridized carbons (Fsp3) is 0.643. The number of aliphatic hydroxyl groups is 1. The largest absolute Gasteiger partial charge is 0.424 e. The maximum absolute atomic E-state index is 13.3. The molecule has 0 aromatic carbocycles. The maximum atomic E-state index is 13.3. The molecule has 1 aliphatic heterocycles. The Labute approximate surface area is 140 Å². The van der Waals surface area contributed by atoms with Crippen molar-refractivity contribution >= 4 is 23.2 Å². The SMILES string of the molecule is Cc1csc([C@@](O)(CC(=O)N[C@H]2CCCCNC2=O)C(F)(F)F)n1. The predicted octanol–water partition coefficient (Wildman–Crippen LogP) is 1.38. The van der Waals surface area contributed by atoms with E-state index in [2.05, 4.69) is 15.6 Å². The number of alkyl halides is 3. The highest BCUT2D eigenvalue weighted by Crippen LogP contribution is 2.42. The molecular weight excluding hydrogens is 347 g/mol. The molecular formula is C14H18F3N3O3S. The normalized spacial score (nSPS) is 21.5. The molecule has 2 atom stereocenters. The molecule has 2 rings (SSSR count). The number of hydrogen-bond donors (Lipinski definition) is 3. The summed E-state index contributed by atoms with van der Waals surface area (Å²) in [7, 11) is 0. The lowest BCUT2D eigenvalue weighted by molar-refractivity contribution is -0.267. The van der Waals surface area contributed by atoms with E-state index >= 15 is 0 Å². The first-order valence-electron chi connectivity index (χ1n) is 7.42. The highest BCUT2D eigenvalue weighted by atomic mass is 32.1. The zero-order valence-electron chi connectivity index (χ0n) is 12.9. The van der Waals surface area contributed by atoms with Crippen molar-refractivity contribution in [1.29, 1.82) is 0 Å². The Hall–Kier alpha value is -1.68. The molecule has 1 aromatic heterocycles. The lowest BCUT2D eigenvalue weighted by atomic mass is 9.98. The number of halogens is 3. The van der Waals surface area contributed by atoms with E-state index in [1.165, 1.54) is 12.3 Å². The Kier molecular flexibility index (Phi) is 5.49. The Balaban J connectivity index is 2.14. The van der Waals surface area contributed by atoms with Crippen LogP contribution >= 0.6 is 11.3 Å². The van der Waals surface area contributed by atoms with Gasteiger partial charge in [-0.2, -0.15) is 13.2 Å². The second-order valence-corrected chi connectivity index (χ2v) is 6.59. The van der Waals surface area contributed by atoms with Gasteiger partial charge in [0.05, 0.1) is 6.42 Å². The smallest absolute Gasteiger partial charge is 0.374 e. The molecule has 1 aromatic rings. The molecule has 24 heavy (non-hydrogen) atoms. The van der Waals surface area contributed by atoms with Crippen molar-refractivity contribution in [3.05, 3.63) is 16.1 Å². The van der Waals surface area contributed by atoms with Crippen molar-refractivity contribution < 1.29 is 27.9 Å². The molecule has 0 saturated carbocycles. The number of aryl methyl sites for hydroxylation is 1. The minimum Gasteiger partial charge on any atom is -0.374 e. The van der Waals surface area contributed by atoms with Gasteiger partial charge in [0.25, 0.3) is 0 Å². The second-order valence-electron chi connectivity index (χ2n) is 5.74. The lowest BCUT2D eigenvalue weighted by Gasteiger charge is -2.28. The van der Waals surface area contributed by atoms with Crippen LogP contribution in [0.25, 0.3) is 0 Å². The summed E-state index contributed by atoms with van der Waals surface area (Å²) in [6.45, 7) is 1.96. The molecule has 1 saturated heterocycles. The average molecular weight is 365 g/mol. The van der Waals surface area contributed by atoms with Crippen molar-refractivity contribution in [2.45, 2.75) is 50.4 Å². The fourth-order valence-electron chi connectivity index (χ4n) is 2.40. The van der Waals surface area contributed by atoms with Gasteiger partial charge < -0.3 is 15.7 Å². The molecule has 0 bridgehead atoms. The van der Waals surface area contributed by atoms with Crippen molar-refractivity contribution in [2.75, 3.05) is 6.54 Å². The van der Waals surface area contributed by atoms with Crippen LogP contribution in [-0.2, 0) is 15.2 Å². The van der Waals surface area contributed by atoms with Crippen molar-refractivity contribution in [3.63, 3.8) is 0 Å². The van der Waals surface area contributed by atoms with E-state index < -0.39 is 41.1 Å². The van der Waals surface area contributed by atoms with E-state index in [-0.39, 0.29) is 0 Å². The summed E-state index contributed by atoms with van der Waals surface area (Å²) in [5, 5.41) is 15.7. The standard InChI is InChI=1S/C14H18F3N3O3S/c1-8-7-24-12(19-8)13(23,14(15,16)17)6-10(21)20-9-4-2-3-5-18-11(9)22/h7,9,23H,2-6H2,1H3,(H,18,22)(H,20,21)/t9-,13-/m0/s1. The minimum absolute atomic E-state index is 0.321. The summed E-state index contributed by atoms with van der Waals surface area (Å²) in [6, 6.07) is -0.893. The summed E-state index contributed by atoms with van der Waals surface area (Å²) in [4.78, 5) is 27.5. The van der Waals surface area contributed by atoms with Crippen LogP contribution in [0.2, 0.25) is 0 Å². The summed E-state index contributed by atoms with van der Waals surface area (Å²) in [5.41, 5.74) is -3.06. The van der Waals surface area contributed by atoms with Crippen LogP contribution in [0.1, 0.15) is 36.4 Å². The third-order valence-electron chi connectivity index (χ3n) is 3.73. The zero-order valence-corrected chi connectivity index (χ0v) is 13.8. The highest BCUT2D eigenvalue weighted by molar-refractivity contribution is 7.09. The van der Waals surface area contributed by atoms with Crippen LogP contribution in [-0.4, -0.2) is 40.7 Å². The van der Waals surface area contributed by atoms with Crippen LogP contribution < -0.4 is 10.6 Å². The second kappa shape index (κ2) is 7.06. The number of nitrogens with one attached hydrogen (secondary N) is 2. The van der Waals surface area contributed by atoms with E-state index in [0.717, 1.165) is 6.42 Å². The molecule has 2 amide bonds. The molecule has 0 unspecified atom stereocenters. The lowest BCUT2D eigenvalue weighted by Crippen LogP contribution is -2.50. The molecule has 1 fully saturated rings. The molecule has 3 N–H and O–H groups in total. The van der Waals surface area contributed by atoms with Crippen LogP contribution in [0.3, 0.4) is 0 Å². The van der Waals surface area contributed by atoms with Gasteiger partial charge in [-0.3, -0.25) is 9.59 Å². The quantitative estimate of drug-likeness (QED) is 0.752. The van der Waals surface area contributed by atoms with E-state index in [1.807, 2.05) is 0 Å². The van der Waals surface area contributed by atoms with E-state index in [1.54, 1.807) is 0 Å². The van der Waals surface area contributed by atoms with Gasteiger partial charge >= 0.3 is 6.18 Å². The average Bonchev–Trinajstić information content (AvgIpc) is 2.81. The van der Waals surface area contributed by atoms with Crippen LogP contribution in [0.4, 0.5) is 13.2 Å². The number of nitrogens with zero attached hydrogens (tertiary/aromatic N) is 1. The molecule has 0 aliphatic carbocycles. The Morgan fingerprint density at radius 3 is 2.79 bits per heavy atom. The van der Waals surface area contributed by atoms with E-state index in [4.69, 9.17) is 0 Å². The first-order chi connectivity index (χ1) is 11.1. The van der Waals surface area contributed by atoms with Crippen molar-refractivity contribution in [2.24, 2.45) is 0 Å². The van der Waals surface area contributed by atoms with Crippen LogP contribution in [0.5, 0.6) is 0 Å². The molecule has 10 heteroatoms. The molecule has 2 heterocycles.